The maximum atomic E-state index is 13.1. The summed E-state index contributed by atoms with van der Waals surface area (Å²) in [6.45, 7) is 6.26. The second-order valence-electron chi connectivity index (χ2n) is 7.64. The number of benzene rings is 1. The van der Waals surface area contributed by atoms with Crippen LogP contribution >= 0.6 is 0 Å². The highest BCUT2D eigenvalue weighted by Crippen LogP contribution is 2.46. The van der Waals surface area contributed by atoms with Crippen LogP contribution in [0.2, 0.25) is 0 Å². The lowest BCUT2D eigenvalue weighted by atomic mass is 9.82. The van der Waals surface area contributed by atoms with E-state index in [-0.39, 0.29) is 23.4 Å². The molecule has 1 aromatic rings. The van der Waals surface area contributed by atoms with Crippen LogP contribution in [0.25, 0.3) is 0 Å². The zero-order chi connectivity index (χ0) is 18.4. The molecule has 0 spiro atoms. The second kappa shape index (κ2) is 6.32. The summed E-state index contributed by atoms with van der Waals surface area (Å²) in [5.74, 6) is 0.868. The molecule has 3 rings (SSSR count). The topological polar surface area (TPSA) is 72.7 Å². The molecule has 0 radical (unpaired) electrons. The number of fused-ring (bicyclic) bond motifs is 1. The molecule has 136 valence electrons. The monoisotopic (exact) mass is 346 g/mol. The molecular formula is C19H26N2O4. The third kappa shape index (κ3) is 2.77. The van der Waals surface area contributed by atoms with Gasteiger partial charge in [-0.25, -0.2) is 0 Å². The van der Waals surface area contributed by atoms with Crippen LogP contribution in [0.1, 0.15) is 68.8 Å². The summed E-state index contributed by atoms with van der Waals surface area (Å²) in [5, 5.41) is 11.3. The van der Waals surface area contributed by atoms with Crippen molar-refractivity contribution >= 4 is 11.6 Å². The highest BCUT2D eigenvalue weighted by Gasteiger charge is 2.48. The fourth-order valence-electron chi connectivity index (χ4n) is 4.50. The minimum atomic E-state index is -0.492. The van der Waals surface area contributed by atoms with Crippen LogP contribution in [0, 0.1) is 16.0 Å². The number of nitrogens with zero attached hydrogens (tertiary/aromatic N) is 2. The third-order valence-corrected chi connectivity index (χ3v) is 5.99. The standard InChI is InChI=1S/C19H26N2O4/c1-5-12-6-8-13(9-7-12)20-18(22)14-10-16(21(23)24)17(25-4)11-15(14)19(20,2)3/h10-13H,5-9H2,1-4H3. The molecular weight excluding hydrogens is 320 g/mol. The van der Waals surface area contributed by atoms with Crippen LogP contribution in [0.5, 0.6) is 5.75 Å². The Balaban J connectivity index is 1.99. The zero-order valence-corrected chi connectivity index (χ0v) is 15.4. The average molecular weight is 346 g/mol. The van der Waals surface area contributed by atoms with E-state index in [2.05, 4.69) is 6.92 Å². The Bertz CT molecular complexity index is 706. The second-order valence-corrected chi connectivity index (χ2v) is 7.64. The lowest BCUT2D eigenvalue weighted by Crippen LogP contribution is -2.47. The molecule has 1 amide bonds. The Morgan fingerprint density at radius 2 is 1.92 bits per heavy atom. The van der Waals surface area contributed by atoms with Crippen molar-refractivity contribution in [2.75, 3.05) is 7.11 Å². The van der Waals surface area contributed by atoms with E-state index >= 15 is 0 Å². The first-order valence-corrected chi connectivity index (χ1v) is 9.01. The van der Waals surface area contributed by atoms with E-state index in [1.54, 1.807) is 6.07 Å². The summed E-state index contributed by atoms with van der Waals surface area (Å²) >= 11 is 0. The smallest absolute Gasteiger partial charge is 0.311 e. The number of methoxy groups -OCH3 is 1. The van der Waals surface area contributed by atoms with Crippen LogP contribution in [-0.4, -0.2) is 28.9 Å². The highest BCUT2D eigenvalue weighted by molar-refractivity contribution is 6.01. The molecule has 6 nitrogen and oxygen atoms in total. The van der Waals surface area contributed by atoms with Crippen LogP contribution in [-0.2, 0) is 5.54 Å². The van der Waals surface area contributed by atoms with E-state index in [0.29, 0.717) is 5.56 Å². The van der Waals surface area contributed by atoms with Gasteiger partial charge in [-0.2, -0.15) is 0 Å². The summed E-state index contributed by atoms with van der Waals surface area (Å²) in [7, 11) is 1.42. The highest BCUT2D eigenvalue weighted by atomic mass is 16.6. The predicted molar refractivity (Wildman–Crippen MR) is 94.9 cm³/mol. The van der Waals surface area contributed by atoms with Gasteiger partial charge in [0.1, 0.15) is 0 Å². The number of nitro groups is 1. The molecule has 0 bridgehead atoms. The zero-order valence-electron chi connectivity index (χ0n) is 15.4. The lowest BCUT2D eigenvalue weighted by Gasteiger charge is -2.42. The Labute approximate surface area is 148 Å². The molecule has 0 unspecified atom stereocenters. The van der Waals surface area contributed by atoms with Crippen molar-refractivity contribution in [1.82, 2.24) is 4.90 Å². The average Bonchev–Trinajstić information content (AvgIpc) is 2.79. The molecule has 25 heavy (non-hydrogen) atoms. The van der Waals surface area contributed by atoms with Gasteiger partial charge in [0.2, 0.25) is 0 Å². The number of ether oxygens (including phenoxy) is 1. The number of hydrogen-bond donors (Lipinski definition) is 0. The van der Waals surface area contributed by atoms with Gasteiger partial charge in [0.25, 0.3) is 5.91 Å². The molecule has 0 aromatic heterocycles. The molecule has 6 heteroatoms. The van der Waals surface area contributed by atoms with Gasteiger partial charge in [0.05, 0.1) is 23.1 Å². The number of rotatable bonds is 4. The van der Waals surface area contributed by atoms with Gasteiger partial charge in [-0.05, 0) is 57.1 Å². The van der Waals surface area contributed by atoms with Crippen molar-refractivity contribution < 1.29 is 14.5 Å². The van der Waals surface area contributed by atoms with E-state index < -0.39 is 10.5 Å². The van der Waals surface area contributed by atoms with Gasteiger partial charge >= 0.3 is 5.69 Å². The molecule has 1 aliphatic carbocycles. The molecule has 1 heterocycles. The molecule has 0 N–H and O–H groups in total. The van der Waals surface area contributed by atoms with Gasteiger partial charge in [0.15, 0.2) is 5.75 Å². The lowest BCUT2D eigenvalue weighted by molar-refractivity contribution is -0.385. The van der Waals surface area contributed by atoms with Crippen molar-refractivity contribution in [3.05, 3.63) is 33.4 Å². The number of nitro benzene ring substituents is 1. The van der Waals surface area contributed by atoms with Crippen molar-refractivity contribution in [2.45, 2.75) is 64.5 Å². The molecule has 2 aliphatic rings. The molecule has 0 saturated heterocycles. The number of amides is 1. The van der Waals surface area contributed by atoms with Crippen LogP contribution in [0.3, 0.4) is 0 Å². The quantitative estimate of drug-likeness (QED) is 0.603. The molecule has 1 aliphatic heterocycles. The Morgan fingerprint density at radius 1 is 1.28 bits per heavy atom. The van der Waals surface area contributed by atoms with Crippen LogP contribution in [0.4, 0.5) is 5.69 Å². The maximum Gasteiger partial charge on any atom is 0.311 e. The Kier molecular flexibility index (Phi) is 4.47. The first kappa shape index (κ1) is 17.7. The normalized spacial score (nSPS) is 25.0. The van der Waals surface area contributed by atoms with Gasteiger partial charge in [-0.3, -0.25) is 14.9 Å². The fourth-order valence-corrected chi connectivity index (χ4v) is 4.50. The van der Waals surface area contributed by atoms with E-state index in [4.69, 9.17) is 4.74 Å². The summed E-state index contributed by atoms with van der Waals surface area (Å²) in [5.41, 5.74) is 0.619. The van der Waals surface area contributed by atoms with Crippen molar-refractivity contribution in [3.63, 3.8) is 0 Å². The van der Waals surface area contributed by atoms with Crippen molar-refractivity contribution in [3.8, 4) is 5.75 Å². The number of hydrogen-bond acceptors (Lipinski definition) is 4. The van der Waals surface area contributed by atoms with E-state index in [1.807, 2.05) is 18.7 Å². The maximum absolute atomic E-state index is 13.1. The predicted octanol–water partition coefficient (Wildman–Crippen LogP) is 4.26. The number of carbonyl (C=O) groups excluding carboxylic acids is 1. The largest absolute Gasteiger partial charge is 0.490 e. The Morgan fingerprint density at radius 3 is 2.44 bits per heavy atom. The first-order valence-electron chi connectivity index (χ1n) is 9.01. The van der Waals surface area contributed by atoms with Gasteiger partial charge < -0.3 is 9.64 Å². The summed E-state index contributed by atoms with van der Waals surface area (Å²) in [6.07, 6.45) is 5.47. The van der Waals surface area contributed by atoms with E-state index in [0.717, 1.165) is 37.2 Å². The molecule has 1 saturated carbocycles. The first-order chi connectivity index (χ1) is 11.8. The molecule has 1 fully saturated rings. The minimum absolute atomic E-state index is 0.0919. The van der Waals surface area contributed by atoms with E-state index in [1.165, 1.54) is 19.6 Å². The third-order valence-electron chi connectivity index (χ3n) is 5.99. The van der Waals surface area contributed by atoms with Gasteiger partial charge in [-0.1, -0.05) is 13.3 Å². The SMILES string of the molecule is CCC1CCC(N2C(=O)c3cc([N+](=O)[O-])c(OC)cc3C2(C)C)CC1. The van der Waals surface area contributed by atoms with Crippen molar-refractivity contribution in [1.29, 1.82) is 0 Å². The van der Waals surface area contributed by atoms with Crippen LogP contribution in [0.15, 0.2) is 12.1 Å². The summed E-state index contributed by atoms with van der Waals surface area (Å²) in [4.78, 5) is 25.9. The van der Waals surface area contributed by atoms with Gasteiger partial charge in [0, 0.05) is 12.1 Å². The minimum Gasteiger partial charge on any atom is -0.490 e. The fraction of sp³-hybridized carbons (Fsp3) is 0.632. The van der Waals surface area contributed by atoms with Crippen LogP contribution < -0.4 is 4.74 Å². The summed E-state index contributed by atoms with van der Waals surface area (Å²) < 4.78 is 5.20. The molecule has 0 atom stereocenters. The van der Waals surface area contributed by atoms with Crippen molar-refractivity contribution in [2.24, 2.45) is 5.92 Å². The van der Waals surface area contributed by atoms with Gasteiger partial charge in [-0.15, -0.1) is 0 Å². The molecule has 1 aromatic carbocycles. The Hall–Kier alpha value is -2.11. The number of carbonyl (C=O) groups is 1. The summed E-state index contributed by atoms with van der Waals surface area (Å²) in [6, 6.07) is 3.25. The van der Waals surface area contributed by atoms with E-state index in [9.17, 15) is 14.9 Å².